The summed E-state index contributed by atoms with van der Waals surface area (Å²) in [7, 11) is 0. The number of carbonyl (C=O) groups is 2. The van der Waals surface area contributed by atoms with Crippen molar-refractivity contribution in [2.45, 2.75) is 6.42 Å². The normalized spacial score (nSPS) is 16.6. The Morgan fingerprint density at radius 1 is 1.04 bits per heavy atom. The first kappa shape index (κ1) is 16.4. The zero-order chi connectivity index (χ0) is 17.9. The summed E-state index contributed by atoms with van der Waals surface area (Å²) >= 11 is 0. The number of benzene rings is 1. The fourth-order valence-electron chi connectivity index (χ4n) is 3.28. The quantitative estimate of drug-likeness (QED) is 0.795. The average molecular weight is 352 g/mol. The van der Waals surface area contributed by atoms with E-state index in [1.54, 1.807) is 21.9 Å². The van der Waals surface area contributed by atoms with Gasteiger partial charge in [0.05, 0.1) is 18.4 Å². The highest BCUT2D eigenvalue weighted by molar-refractivity contribution is 5.94. The Hall–Kier alpha value is -3.02. The molecule has 0 unspecified atom stereocenters. The van der Waals surface area contributed by atoms with Gasteiger partial charge in [0, 0.05) is 38.7 Å². The van der Waals surface area contributed by atoms with E-state index in [1.807, 2.05) is 18.2 Å². The lowest BCUT2D eigenvalue weighted by atomic mass is 10.1. The zero-order valence-corrected chi connectivity index (χ0v) is 14.4. The highest BCUT2D eigenvalue weighted by atomic mass is 16.5. The molecule has 0 saturated carbocycles. The maximum Gasteiger partial charge on any atom is 0.257 e. The Kier molecular flexibility index (Phi) is 4.48. The number of fused-ring (bicyclic) bond motifs is 1. The van der Waals surface area contributed by atoms with Crippen LogP contribution in [0, 0.1) is 0 Å². The monoisotopic (exact) mass is 352 g/mol. The van der Waals surface area contributed by atoms with Gasteiger partial charge in [-0.25, -0.2) is 0 Å². The number of hydrogen-bond donors (Lipinski definition) is 0. The summed E-state index contributed by atoms with van der Waals surface area (Å²) in [5.74, 6) is 0.853. The SMILES string of the molecule is O=C(/C=C/c1ccc2c(c1)CCO2)N1CCN(C(=O)c2ccoc2)CC1. The van der Waals surface area contributed by atoms with Gasteiger partial charge >= 0.3 is 0 Å². The highest BCUT2D eigenvalue weighted by Gasteiger charge is 2.24. The van der Waals surface area contributed by atoms with Crippen LogP contribution in [0.4, 0.5) is 0 Å². The molecule has 3 heterocycles. The van der Waals surface area contributed by atoms with Crippen LogP contribution >= 0.6 is 0 Å². The summed E-state index contributed by atoms with van der Waals surface area (Å²) in [6.07, 6.45) is 7.29. The van der Waals surface area contributed by atoms with E-state index in [9.17, 15) is 9.59 Å². The smallest absolute Gasteiger partial charge is 0.257 e. The molecular weight excluding hydrogens is 332 g/mol. The first-order valence-electron chi connectivity index (χ1n) is 8.75. The van der Waals surface area contributed by atoms with E-state index in [2.05, 4.69) is 6.07 Å². The predicted molar refractivity (Wildman–Crippen MR) is 95.9 cm³/mol. The Labute approximate surface area is 151 Å². The van der Waals surface area contributed by atoms with Crippen LogP contribution in [0.3, 0.4) is 0 Å². The van der Waals surface area contributed by atoms with Crippen LogP contribution in [0.5, 0.6) is 5.75 Å². The van der Waals surface area contributed by atoms with E-state index in [0.717, 1.165) is 24.3 Å². The molecule has 6 nitrogen and oxygen atoms in total. The van der Waals surface area contributed by atoms with Gasteiger partial charge in [0.25, 0.3) is 5.91 Å². The molecule has 2 amide bonds. The molecule has 0 bridgehead atoms. The third-order valence-electron chi connectivity index (χ3n) is 4.78. The van der Waals surface area contributed by atoms with Crippen molar-refractivity contribution in [1.29, 1.82) is 0 Å². The fraction of sp³-hybridized carbons (Fsp3) is 0.300. The molecule has 2 aromatic rings. The molecule has 26 heavy (non-hydrogen) atoms. The molecule has 2 aliphatic heterocycles. The molecule has 6 heteroatoms. The number of nitrogens with zero attached hydrogens (tertiary/aromatic N) is 2. The predicted octanol–water partition coefficient (Wildman–Crippen LogP) is 2.21. The van der Waals surface area contributed by atoms with E-state index in [0.29, 0.717) is 31.7 Å². The van der Waals surface area contributed by atoms with E-state index in [1.165, 1.54) is 18.1 Å². The molecule has 0 aliphatic carbocycles. The summed E-state index contributed by atoms with van der Waals surface area (Å²) < 4.78 is 10.5. The number of rotatable bonds is 3. The van der Waals surface area contributed by atoms with Crippen molar-refractivity contribution >= 4 is 17.9 Å². The molecule has 134 valence electrons. The van der Waals surface area contributed by atoms with Crippen molar-refractivity contribution in [2.24, 2.45) is 0 Å². The summed E-state index contributed by atoms with van der Waals surface area (Å²) in [5, 5.41) is 0. The largest absolute Gasteiger partial charge is 0.493 e. The summed E-state index contributed by atoms with van der Waals surface area (Å²) in [5.41, 5.74) is 2.73. The van der Waals surface area contributed by atoms with Crippen LogP contribution in [0.2, 0.25) is 0 Å². The van der Waals surface area contributed by atoms with Crippen LogP contribution in [0.1, 0.15) is 21.5 Å². The van der Waals surface area contributed by atoms with Crippen molar-refractivity contribution in [3.8, 4) is 5.75 Å². The lowest BCUT2D eigenvalue weighted by molar-refractivity contribution is -0.127. The highest BCUT2D eigenvalue weighted by Crippen LogP contribution is 2.26. The minimum absolute atomic E-state index is 0.0304. The molecule has 1 saturated heterocycles. The molecule has 0 radical (unpaired) electrons. The van der Waals surface area contributed by atoms with Crippen molar-refractivity contribution in [1.82, 2.24) is 9.80 Å². The first-order chi connectivity index (χ1) is 12.7. The van der Waals surface area contributed by atoms with Crippen LogP contribution < -0.4 is 4.74 Å². The summed E-state index contributed by atoms with van der Waals surface area (Å²) in [6.45, 7) is 2.85. The van der Waals surface area contributed by atoms with Gasteiger partial charge in [0.15, 0.2) is 0 Å². The minimum atomic E-state index is -0.0539. The first-order valence-corrected chi connectivity index (χ1v) is 8.75. The van der Waals surface area contributed by atoms with E-state index >= 15 is 0 Å². The molecule has 0 N–H and O–H groups in total. The Morgan fingerprint density at radius 2 is 1.85 bits per heavy atom. The standard InChI is InChI=1S/C20H20N2O4/c23-19(4-2-15-1-3-18-16(13-15)6-12-26-18)21-7-9-22(10-8-21)20(24)17-5-11-25-14-17/h1-5,11,13-14H,6-10,12H2/b4-2+. The second-order valence-corrected chi connectivity index (χ2v) is 6.43. The average Bonchev–Trinajstić information content (AvgIpc) is 3.37. The Morgan fingerprint density at radius 3 is 2.62 bits per heavy atom. The summed E-state index contributed by atoms with van der Waals surface area (Å²) in [4.78, 5) is 28.2. The summed E-state index contributed by atoms with van der Waals surface area (Å²) in [6, 6.07) is 7.63. The second kappa shape index (κ2) is 7.07. The van der Waals surface area contributed by atoms with Crippen molar-refractivity contribution < 1.29 is 18.7 Å². The van der Waals surface area contributed by atoms with E-state index in [-0.39, 0.29) is 11.8 Å². The van der Waals surface area contributed by atoms with Crippen molar-refractivity contribution in [3.63, 3.8) is 0 Å². The van der Waals surface area contributed by atoms with Gasteiger partial charge in [-0.1, -0.05) is 6.07 Å². The second-order valence-electron chi connectivity index (χ2n) is 6.43. The molecule has 4 rings (SSSR count). The van der Waals surface area contributed by atoms with Crippen LogP contribution in [0.25, 0.3) is 6.08 Å². The number of hydrogen-bond acceptors (Lipinski definition) is 4. The molecule has 1 aromatic carbocycles. The lowest BCUT2D eigenvalue weighted by Gasteiger charge is -2.34. The molecule has 0 spiro atoms. The number of carbonyl (C=O) groups excluding carboxylic acids is 2. The maximum absolute atomic E-state index is 12.4. The number of amides is 2. The van der Waals surface area contributed by atoms with E-state index < -0.39 is 0 Å². The molecule has 1 fully saturated rings. The number of piperazine rings is 1. The third-order valence-corrected chi connectivity index (χ3v) is 4.78. The van der Waals surface area contributed by atoms with Gasteiger partial charge in [-0.3, -0.25) is 9.59 Å². The Bertz CT molecular complexity index is 834. The molecular formula is C20H20N2O4. The number of furan rings is 1. The van der Waals surface area contributed by atoms with Crippen molar-refractivity contribution in [2.75, 3.05) is 32.8 Å². The third kappa shape index (κ3) is 3.35. The minimum Gasteiger partial charge on any atom is -0.493 e. The molecule has 0 atom stereocenters. The topological polar surface area (TPSA) is 63.0 Å². The van der Waals surface area contributed by atoms with Crippen LogP contribution in [0.15, 0.2) is 47.3 Å². The van der Waals surface area contributed by atoms with Gasteiger partial charge in [0.1, 0.15) is 12.0 Å². The lowest BCUT2D eigenvalue weighted by Crippen LogP contribution is -2.50. The molecule has 2 aliphatic rings. The fourth-order valence-corrected chi connectivity index (χ4v) is 3.28. The van der Waals surface area contributed by atoms with Gasteiger partial charge in [-0.15, -0.1) is 0 Å². The zero-order valence-electron chi connectivity index (χ0n) is 14.4. The van der Waals surface area contributed by atoms with Crippen molar-refractivity contribution in [3.05, 3.63) is 59.6 Å². The van der Waals surface area contributed by atoms with Crippen LogP contribution in [-0.2, 0) is 11.2 Å². The van der Waals surface area contributed by atoms with Gasteiger partial charge < -0.3 is 19.0 Å². The van der Waals surface area contributed by atoms with Gasteiger partial charge in [0.2, 0.25) is 5.91 Å². The van der Waals surface area contributed by atoms with Gasteiger partial charge in [-0.2, -0.15) is 0 Å². The molecule has 1 aromatic heterocycles. The van der Waals surface area contributed by atoms with Gasteiger partial charge in [-0.05, 0) is 35.4 Å². The van der Waals surface area contributed by atoms with E-state index in [4.69, 9.17) is 9.15 Å². The van der Waals surface area contributed by atoms with Crippen LogP contribution in [-0.4, -0.2) is 54.4 Å². The number of ether oxygens (including phenoxy) is 1. The maximum atomic E-state index is 12.4. The Balaban J connectivity index is 1.33.